The number of hydrazine groups is 1. The Morgan fingerprint density at radius 2 is 0.544 bits per heavy atom. The number of nitrogens with two attached hydrogens (primary N) is 2. The Kier molecular flexibility index (Phi) is 12.1. The van der Waals surface area contributed by atoms with Crippen LogP contribution >= 0.6 is 0 Å². The number of nitrogen functional groups attached to an aromatic ring is 2. The molecule has 0 saturated heterocycles. The van der Waals surface area contributed by atoms with Gasteiger partial charge in [-0.05, 0) is 119 Å². The van der Waals surface area contributed by atoms with Gasteiger partial charge in [0.25, 0.3) is 0 Å². The summed E-state index contributed by atoms with van der Waals surface area (Å²) in [6, 6.07) is 71.3. The molecule has 2 heterocycles. The van der Waals surface area contributed by atoms with Gasteiger partial charge in [-0.15, -0.1) is 0 Å². The first-order valence-corrected chi connectivity index (χ1v) is 21.8. The minimum Gasteiger partial charge on any atom is -0.399 e. The Morgan fingerprint density at radius 3 is 0.838 bits per heavy atom. The van der Waals surface area contributed by atoms with E-state index in [1.165, 1.54) is 0 Å². The molecule has 0 atom stereocenters. The molecular weight excluding hydrogens is 845 g/mol. The average Bonchev–Trinajstić information content (AvgIpc) is 3.38. The van der Waals surface area contributed by atoms with Crippen molar-refractivity contribution in [3.63, 3.8) is 0 Å². The van der Waals surface area contributed by atoms with Crippen LogP contribution in [-0.4, -0.2) is 29.9 Å². The number of nitrogens with zero attached hydrogens (tertiary/aromatic N) is 8. The first-order valence-electron chi connectivity index (χ1n) is 21.8. The zero-order valence-electron chi connectivity index (χ0n) is 36.5. The fraction of sp³-hybridized carbons (Fsp3) is 0. The number of aromatic nitrogens is 6. The lowest BCUT2D eigenvalue weighted by molar-refractivity contribution is 0.988. The molecule has 68 heavy (non-hydrogen) atoms. The van der Waals surface area contributed by atoms with Gasteiger partial charge < -0.3 is 22.1 Å². The van der Waals surface area contributed by atoms with Gasteiger partial charge in [-0.2, -0.15) is 29.9 Å². The highest BCUT2D eigenvalue weighted by molar-refractivity contribution is 5.76. The number of nitrogens with one attached hydrogen (secondary N) is 4. The zero-order valence-corrected chi connectivity index (χ0v) is 36.5. The summed E-state index contributed by atoms with van der Waals surface area (Å²) in [5, 5.41) is 6.80. The van der Waals surface area contributed by atoms with E-state index in [2.05, 4.69) is 21.5 Å². The first-order chi connectivity index (χ1) is 33.5. The maximum Gasteiger partial charge on any atom is 0.248 e. The van der Waals surface area contributed by atoms with Gasteiger partial charge in [0.1, 0.15) is 0 Å². The van der Waals surface area contributed by atoms with Gasteiger partial charge >= 0.3 is 0 Å². The Morgan fingerprint density at radius 1 is 0.279 bits per heavy atom. The summed E-state index contributed by atoms with van der Waals surface area (Å²) < 4.78 is 0. The summed E-state index contributed by atoms with van der Waals surface area (Å²) in [7, 11) is 0. The van der Waals surface area contributed by atoms with Crippen LogP contribution in [0.5, 0.6) is 0 Å². The third-order valence-corrected chi connectivity index (χ3v) is 10.8. The number of rotatable bonds is 15. The van der Waals surface area contributed by atoms with Crippen molar-refractivity contribution in [3.05, 3.63) is 218 Å². The van der Waals surface area contributed by atoms with Crippen LogP contribution in [-0.2, 0) is 0 Å². The van der Waals surface area contributed by atoms with Crippen LogP contribution in [0.2, 0.25) is 0 Å². The SMILES string of the molecule is Nc1ccc(-c2ccc(Nc3nc(NNc4nc(Nc5ccc(-c6ccc(N)cc6)cc5)nc(N(c5ccccc5)c5ccccc5)n4)nc(N(c4ccccc4)c4ccccc4)n3)cc2)cc1. The minimum absolute atomic E-state index is 0.186. The first kappa shape index (κ1) is 42.1. The Labute approximate surface area is 393 Å². The molecule has 0 aliphatic rings. The Hall–Kier alpha value is -9.82. The second-order valence-corrected chi connectivity index (χ2v) is 15.5. The van der Waals surface area contributed by atoms with Gasteiger partial charge in [0.05, 0.1) is 0 Å². The third-order valence-electron chi connectivity index (χ3n) is 10.8. The van der Waals surface area contributed by atoms with E-state index in [0.29, 0.717) is 23.3 Å². The lowest BCUT2D eigenvalue weighted by atomic mass is 10.1. The minimum atomic E-state index is 0.186. The molecule has 14 heteroatoms. The van der Waals surface area contributed by atoms with Gasteiger partial charge in [-0.25, -0.2) is 0 Å². The van der Waals surface area contributed by atoms with E-state index >= 15 is 0 Å². The monoisotopic (exact) mass is 888 g/mol. The molecule has 0 spiro atoms. The van der Waals surface area contributed by atoms with Crippen molar-refractivity contribution < 1.29 is 0 Å². The standard InChI is InChI=1S/C54H44N14/c55-41-29-21-37(22-30-41)39-25-33-43(34-26-39)57-49-59-51(63-53(61-49)67(45-13-5-1-6-14-45)46-15-7-2-8-16-46)65-66-52-60-50(58-44-35-27-40(28-36-44)38-23-31-42(56)32-24-38)62-54(64-52)68(47-17-9-3-10-18-47)48-19-11-4-12-20-48/h1-36H,55-56H2,(H2,57,59,61,63,65)(H2,58,60,62,64,66). The van der Waals surface area contributed by atoms with Crippen LogP contribution in [0.25, 0.3) is 22.3 Å². The summed E-state index contributed by atoms with van der Waals surface area (Å²) in [4.78, 5) is 33.4. The lowest BCUT2D eigenvalue weighted by Gasteiger charge is -2.24. The molecule has 0 unspecified atom stereocenters. The highest BCUT2D eigenvalue weighted by Gasteiger charge is 2.21. The molecule has 330 valence electrons. The van der Waals surface area contributed by atoms with E-state index < -0.39 is 0 Å². The molecule has 0 amide bonds. The molecule has 0 saturated carbocycles. The van der Waals surface area contributed by atoms with E-state index in [0.717, 1.165) is 56.4 Å². The van der Waals surface area contributed by atoms with Gasteiger partial charge in [0, 0.05) is 45.5 Å². The molecule has 0 aliphatic heterocycles. The van der Waals surface area contributed by atoms with Crippen LogP contribution < -0.4 is 42.8 Å². The van der Waals surface area contributed by atoms with Crippen LogP contribution in [0.3, 0.4) is 0 Å². The summed E-state index contributed by atoms with van der Waals surface area (Å²) in [6.45, 7) is 0. The van der Waals surface area contributed by atoms with E-state index in [1.54, 1.807) is 0 Å². The van der Waals surface area contributed by atoms with Crippen molar-refractivity contribution in [2.45, 2.75) is 0 Å². The molecule has 10 rings (SSSR count). The molecule has 0 bridgehead atoms. The van der Waals surface area contributed by atoms with E-state index in [-0.39, 0.29) is 23.8 Å². The van der Waals surface area contributed by atoms with Gasteiger partial charge in [0.2, 0.25) is 35.7 Å². The number of hydrogen-bond donors (Lipinski definition) is 6. The number of hydrogen-bond acceptors (Lipinski definition) is 14. The van der Waals surface area contributed by atoms with Crippen molar-refractivity contribution in [2.75, 3.05) is 42.8 Å². The summed E-state index contributed by atoms with van der Waals surface area (Å²) in [5.41, 5.74) is 28.8. The van der Waals surface area contributed by atoms with Gasteiger partial charge in [-0.1, -0.05) is 121 Å². The summed E-state index contributed by atoms with van der Waals surface area (Å²) in [6.07, 6.45) is 0. The quantitative estimate of drug-likeness (QED) is 0.0422. The predicted molar refractivity (Wildman–Crippen MR) is 275 cm³/mol. The fourth-order valence-electron chi connectivity index (χ4n) is 7.43. The molecule has 0 aliphatic carbocycles. The van der Waals surface area contributed by atoms with Crippen LogP contribution in [0.1, 0.15) is 0 Å². The highest BCUT2D eigenvalue weighted by atomic mass is 15.5. The van der Waals surface area contributed by atoms with Crippen LogP contribution in [0.15, 0.2) is 218 Å². The molecular formula is C54H44N14. The third kappa shape index (κ3) is 9.94. The second-order valence-electron chi connectivity index (χ2n) is 15.5. The number of benzene rings is 8. The molecule has 8 aromatic carbocycles. The Balaban J connectivity index is 1.02. The normalized spacial score (nSPS) is 10.8. The van der Waals surface area contributed by atoms with Crippen molar-refractivity contribution in [3.8, 4) is 22.3 Å². The average molecular weight is 889 g/mol. The molecule has 0 fully saturated rings. The van der Waals surface area contributed by atoms with Crippen molar-refractivity contribution in [2.24, 2.45) is 0 Å². The van der Waals surface area contributed by atoms with E-state index in [1.807, 2.05) is 228 Å². The molecule has 8 N–H and O–H groups in total. The van der Waals surface area contributed by atoms with Crippen molar-refractivity contribution >= 4 is 81.2 Å². The Bertz CT molecular complexity index is 2920. The fourth-order valence-corrected chi connectivity index (χ4v) is 7.43. The molecule has 2 aromatic heterocycles. The van der Waals surface area contributed by atoms with Crippen molar-refractivity contribution in [1.29, 1.82) is 0 Å². The summed E-state index contributed by atoms with van der Waals surface area (Å²) in [5.74, 6) is 1.65. The van der Waals surface area contributed by atoms with Gasteiger partial charge in [0.15, 0.2) is 0 Å². The maximum absolute atomic E-state index is 5.95. The number of anilines is 14. The van der Waals surface area contributed by atoms with Crippen molar-refractivity contribution in [1.82, 2.24) is 29.9 Å². The highest BCUT2D eigenvalue weighted by Crippen LogP contribution is 2.35. The van der Waals surface area contributed by atoms with Crippen LogP contribution in [0, 0.1) is 0 Å². The molecule has 10 aromatic rings. The maximum atomic E-state index is 5.95. The second kappa shape index (κ2) is 19.5. The largest absolute Gasteiger partial charge is 0.399 e. The number of para-hydroxylation sites is 4. The predicted octanol–water partition coefficient (Wildman–Crippen LogP) is 12.4. The molecule has 14 nitrogen and oxygen atoms in total. The summed E-state index contributed by atoms with van der Waals surface area (Å²) >= 11 is 0. The topological polar surface area (TPSA) is 184 Å². The molecule has 0 radical (unpaired) electrons. The van der Waals surface area contributed by atoms with E-state index in [4.69, 9.17) is 41.4 Å². The smallest absolute Gasteiger partial charge is 0.248 e. The van der Waals surface area contributed by atoms with Gasteiger partial charge in [-0.3, -0.25) is 20.7 Å². The van der Waals surface area contributed by atoms with Crippen LogP contribution in [0.4, 0.5) is 81.2 Å². The zero-order chi connectivity index (χ0) is 46.1. The lowest BCUT2D eigenvalue weighted by Crippen LogP contribution is -2.21. The van der Waals surface area contributed by atoms with E-state index in [9.17, 15) is 0 Å².